The molecule has 6 heteroatoms. The molecule has 0 radical (unpaired) electrons. The number of fused-ring (bicyclic) bond motifs is 2. The molecule has 1 N–H and O–H groups in total. The summed E-state index contributed by atoms with van der Waals surface area (Å²) in [4.78, 5) is 3.74. The molecule has 0 fully saturated rings. The predicted octanol–water partition coefficient (Wildman–Crippen LogP) is 4.90. The van der Waals surface area contributed by atoms with Gasteiger partial charge in [0.1, 0.15) is 5.75 Å². The van der Waals surface area contributed by atoms with Crippen LogP contribution in [0.4, 0.5) is 13.2 Å². The minimum absolute atomic E-state index is 0.113. The van der Waals surface area contributed by atoms with E-state index in [1.807, 2.05) is 18.2 Å². The standard InChI is InChI=1S/C18H11F3N2O/c19-18(20,21)17-22-14-9-8-12(24)10-16(14)23(17)15-7-3-5-11-4-1-2-6-13(11)15/h1-10,24H. The number of phenols is 1. The number of imidazole rings is 1. The van der Waals surface area contributed by atoms with Gasteiger partial charge in [0.15, 0.2) is 0 Å². The van der Waals surface area contributed by atoms with Gasteiger partial charge in [-0.25, -0.2) is 4.98 Å². The van der Waals surface area contributed by atoms with Gasteiger partial charge in [0.25, 0.3) is 0 Å². The summed E-state index contributed by atoms with van der Waals surface area (Å²) < 4.78 is 41.6. The van der Waals surface area contributed by atoms with Crippen molar-refractivity contribution in [2.75, 3.05) is 0 Å². The maximum absolute atomic E-state index is 13.5. The van der Waals surface area contributed by atoms with Gasteiger partial charge < -0.3 is 5.11 Å². The summed E-state index contributed by atoms with van der Waals surface area (Å²) in [5, 5.41) is 11.2. The zero-order valence-corrected chi connectivity index (χ0v) is 12.2. The van der Waals surface area contributed by atoms with E-state index in [1.165, 1.54) is 18.2 Å². The van der Waals surface area contributed by atoms with E-state index in [-0.39, 0.29) is 16.8 Å². The van der Waals surface area contributed by atoms with E-state index in [9.17, 15) is 18.3 Å². The molecular weight excluding hydrogens is 317 g/mol. The minimum Gasteiger partial charge on any atom is -0.508 e. The van der Waals surface area contributed by atoms with Crippen molar-refractivity contribution in [2.45, 2.75) is 6.18 Å². The summed E-state index contributed by atoms with van der Waals surface area (Å²) in [7, 11) is 0. The molecule has 0 spiro atoms. The van der Waals surface area contributed by atoms with Crippen molar-refractivity contribution in [2.24, 2.45) is 0 Å². The molecule has 0 unspecified atom stereocenters. The second kappa shape index (κ2) is 4.99. The second-order valence-corrected chi connectivity index (χ2v) is 5.44. The first kappa shape index (κ1) is 14.6. The first-order valence-electron chi connectivity index (χ1n) is 7.22. The Morgan fingerprint density at radius 2 is 1.67 bits per heavy atom. The third-order valence-electron chi connectivity index (χ3n) is 3.90. The largest absolute Gasteiger partial charge is 0.508 e. The van der Waals surface area contributed by atoms with Gasteiger partial charge in [-0.15, -0.1) is 0 Å². The zero-order chi connectivity index (χ0) is 16.9. The number of aromatic hydroxyl groups is 1. The van der Waals surface area contributed by atoms with Crippen molar-refractivity contribution >= 4 is 21.8 Å². The smallest absolute Gasteiger partial charge is 0.450 e. The molecule has 4 rings (SSSR count). The minimum atomic E-state index is -4.62. The van der Waals surface area contributed by atoms with E-state index < -0.39 is 12.0 Å². The maximum Gasteiger partial charge on any atom is 0.450 e. The molecule has 0 amide bonds. The Hall–Kier alpha value is -3.02. The Morgan fingerprint density at radius 1 is 0.917 bits per heavy atom. The fourth-order valence-electron chi connectivity index (χ4n) is 2.90. The molecule has 24 heavy (non-hydrogen) atoms. The number of hydrogen-bond donors (Lipinski definition) is 1. The summed E-state index contributed by atoms with van der Waals surface area (Å²) in [6, 6.07) is 16.3. The van der Waals surface area contributed by atoms with Crippen LogP contribution >= 0.6 is 0 Å². The highest BCUT2D eigenvalue weighted by Crippen LogP contribution is 2.36. The fourth-order valence-corrected chi connectivity index (χ4v) is 2.90. The summed E-state index contributed by atoms with van der Waals surface area (Å²) >= 11 is 0. The molecule has 0 bridgehead atoms. The van der Waals surface area contributed by atoms with Crippen LogP contribution in [0.25, 0.3) is 27.5 Å². The molecule has 4 aromatic rings. The fraction of sp³-hybridized carbons (Fsp3) is 0.0556. The number of alkyl halides is 3. The summed E-state index contributed by atoms with van der Waals surface area (Å²) in [5.41, 5.74) is 0.750. The van der Waals surface area contributed by atoms with E-state index in [2.05, 4.69) is 4.98 Å². The van der Waals surface area contributed by atoms with Gasteiger partial charge >= 0.3 is 6.18 Å². The second-order valence-electron chi connectivity index (χ2n) is 5.44. The van der Waals surface area contributed by atoms with Gasteiger partial charge in [-0.2, -0.15) is 13.2 Å². The number of rotatable bonds is 1. The Kier molecular flexibility index (Phi) is 3.03. The summed E-state index contributed by atoms with van der Waals surface area (Å²) in [6.07, 6.45) is -4.62. The van der Waals surface area contributed by atoms with E-state index in [0.717, 1.165) is 9.95 Å². The highest BCUT2D eigenvalue weighted by atomic mass is 19.4. The average Bonchev–Trinajstić information content (AvgIpc) is 2.93. The van der Waals surface area contributed by atoms with Crippen LogP contribution in [0.15, 0.2) is 60.7 Å². The van der Waals surface area contributed by atoms with Crippen molar-refractivity contribution in [1.82, 2.24) is 9.55 Å². The van der Waals surface area contributed by atoms with Crippen LogP contribution in [0.5, 0.6) is 5.75 Å². The van der Waals surface area contributed by atoms with Crippen LogP contribution in [0.2, 0.25) is 0 Å². The lowest BCUT2D eigenvalue weighted by Gasteiger charge is -2.14. The Labute approximate surface area is 134 Å². The Balaban J connectivity index is 2.17. The number of hydrogen-bond acceptors (Lipinski definition) is 2. The molecule has 0 saturated heterocycles. The Bertz CT molecular complexity index is 1060. The lowest BCUT2D eigenvalue weighted by Crippen LogP contribution is -2.14. The molecular formula is C18H11F3N2O. The highest BCUT2D eigenvalue weighted by Gasteiger charge is 2.38. The monoisotopic (exact) mass is 328 g/mol. The summed E-state index contributed by atoms with van der Waals surface area (Å²) in [6.45, 7) is 0. The van der Waals surface area contributed by atoms with Crippen molar-refractivity contribution in [3.63, 3.8) is 0 Å². The van der Waals surface area contributed by atoms with E-state index in [1.54, 1.807) is 24.3 Å². The van der Waals surface area contributed by atoms with Crippen LogP contribution < -0.4 is 0 Å². The maximum atomic E-state index is 13.5. The molecule has 0 aliphatic heterocycles. The molecule has 0 aliphatic rings. The molecule has 3 nitrogen and oxygen atoms in total. The molecule has 1 heterocycles. The van der Waals surface area contributed by atoms with Crippen LogP contribution in [0, 0.1) is 0 Å². The van der Waals surface area contributed by atoms with Crippen molar-refractivity contribution in [3.8, 4) is 11.4 Å². The third kappa shape index (κ3) is 2.19. The third-order valence-corrected chi connectivity index (χ3v) is 3.90. The van der Waals surface area contributed by atoms with Crippen LogP contribution in [-0.4, -0.2) is 14.7 Å². The number of halogens is 3. The molecule has 1 aromatic heterocycles. The molecule has 0 atom stereocenters. The normalized spacial score (nSPS) is 12.1. The lowest BCUT2D eigenvalue weighted by atomic mass is 10.1. The highest BCUT2D eigenvalue weighted by molar-refractivity contribution is 5.92. The Morgan fingerprint density at radius 3 is 2.46 bits per heavy atom. The number of phenolic OH excluding ortho intramolecular Hbond substituents is 1. The van der Waals surface area contributed by atoms with Crippen molar-refractivity contribution < 1.29 is 18.3 Å². The van der Waals surface area contributed by atoms with Gasteiger partial charge in [0.2, 0.25) is 5.82 Å². The van der Waals surface area contributed by atoms with Crippen molar-refractivity contribution in [1.29, 1.82) is 0 Å². The number of benzene rings is 3. The van der Waals surface area contributed by atoms with Gasteiger partial charge in [-0.1, -0.05) is 36.4 Å². The van der Waals surface area contributed by atoms with Crippen LogP contribution in [0.3, 0.4) is 0 Å². The first-order valence-corrected chi connectivity index (χ1v) is 7.22. The van der Waals surface area contributed by atoms with Crippen LogP contribution in [0.1, 0.15) is 5.82 Å². The lowest BCUT2D eigenvalue weighted by molar-refractivity contribution is -0.145. The van der Waals surface area contributed by atoms with Gasteiger partial charge in [0.05, 0.1) is 16.7 Å². The zero-order valence-electron chi connectivity index (χ0n) is 12.2. The number of nitrogens with zero attached hydrogens (tertiary/aromatic N) is 2. The molecule has 0 saturated carbocycles. The predicted molar refractivity (Wildman–Crippen MR) is 85.2 cm³/mol. The van der Waals surface area contributed by atoms with E-state index in [0.29, 0.717) is 11.1 Å². The molecule has 3 aromatic carbocycles. The first-order chi connectivity index (χ1) is 11.4. The van der Waals surface area contributed by atoms with Crippen molar-refractivity contribution in [3.05, 3.63) is 66.5 Å². The van der Waals surface area contributed by atoms with Gasteiger partial charge in [0, 0.05) is 11.5 Å². The SMILES string of the molecule is Oc1ccc2nc(C(F)(F)F)n(-c3cccc4ccccc34)c2c1. The number of aromatic nitrogens is 2. The molecule has 120 valence electrons. The van der Waals surface area contributed by atoms with E-state index >= 15 is 0 Å². The summed E-state index contributed by atoms with van der Waals surface area (Å²) in [5.74, 6) is -1.13. The van der Waals surface area contributed by atoms with Gasteiger partial charge in [-0.05, 0) is 23.6 Å². The van der Waals surface area contributed by atoms with Crippen LogP contribution in [-0.2, 0) is 6.18 Å². The average molecular weight is 328 g/mol. The quantitative estimate of drug-likeness (QED) is 0.539. The van der Waals surface area contributed by atoms with Gasteiger partial charge in [-0.3, -0.25) is 4.57 Å². The van der Waals surface area contributed by atoms with E-state index in [4.69, 9.17) is 0 Å². The topological polar surface area (TPSA) is 38.1 Å². The molecule has 0 aliphatic carbocycles.